The van der Waals surface area contributed by atoms with Gasteiger partial charge in [-0.25, -0.2) is 13.8 Å². The second-order valence-corrected chi connectivity index (χ2v) is 11.1. The summed E-state index contributed by atoms with van der Waals surface area (Å²) in [6.07, 6.45) is 0.853. The van der Waals surface area contributed by atoms with Crippen LogP contribution in [0.4, 0.5) is 19.7 Å². The number of hydrogen-bond donors (Lipinski definition) is 2. The lowest BCUT2D eigenvalue weighted by Gasteiger charge is -2.22. The molecule has 0 radical (unpaired) electrons. The number of likely N-dealkylation sites (tertiary alicyclic amines) is 1. The van der Waals surface area contributed by atoms with E-state index in [1.165, 1.54) is 11.3 Å². The summed E-state index contributed by atoms with van der Waals surface area (Å²) in [7, 11) is 2.04. The van der Waals surface area contributed by atoms with Gasteiger partial charge < -0.3 is 26.0 Å². The molecule has 8 nitrogen and oxygen atoms in total. The van der Waals surface area contributed by atoms with Crippen molar-refractivity contribution in [2.75, 3.05) is 43.9 Å². The first-order valence-electron chi connectivity index (χ1n) is 12.1. The van der Waals surface area contributed by atoms with Crippen molar-refractivity contribution >= 4 is 55.0 Å². The Morgan fingerprint density at radius 2 is 2.05 bits per heavy atom. The Bertz CT molecular complexity index is 1490. The topological polar surface area (TPSA) is 106 Å². The van der Waals surface area contributed by atoms with E-state index in [0.717, 1.165) is 24.1 Å². The van der Waals surface area contributed by atoms with E-state index < -0.39 is 18.0 Å². The van der Waals surface area contributed by atoms with Crippen LogP contribution in [0.25, 0.3) is 32.2 Å². The van der Waals surface area contributed by atoms with Crippen LogP contribution in [0.15, 0.2) is 24.3 Å². The van der Waals surface area contributed by atoms with Crippen molar-refractivity contribution in [3.8, 4) is 17.1 Å². The molecule has 0 amide bonds. The maximum atomic E-state index is 16.3. The van der Waals surface area contributed by atoms with Crippen LogP contribution in [0.3, 0.4) is 0 Å². The second-order valence-electron chi connectivity index (χ2n) is 9.65. The van der Waals surface area contributed by atoms with Crippen LogP contribution in [0.5, 0.6) is 6.01 Å². The molecule has 2 aliphatic rings. The summed E-state index contributed by atoms with van der Waals surface area (Å²) in [5.74, 6) is -0.285. The monoisotopic (exact) mass is 545 g/mol. The van der Waals surface area contributed by atoms with Crippen LogP contribution < -0.4 is 21.1 Å². The molecule has 4 heterocycles. The van der Waals surface area contributed by atoms with Crippen LogP contribution in [0, 0.1) is 5.82 Å². The molecule has 2 fully saturated rings. The quantitative estimate of drug-likeness (QED) is 0.383. The summed E-state index contributed by atoms with van der Waals surface area (Å²) in [5.41, 5.74) is 13.1. The first-order chi connectivity index (χ1) is 17.8. The summed E-state index contributed by atoms with van der Waals surface area (Å²) < 4.78 is 37.5. The van der Waals surface area contributed by atoms with Gasteiger partial charge in [0.25, 0.3) is 0 Å². The van der Waals surface area contributed by atoms with Gasteiger partial charge in [-0.2, -0.15) is 9.97 Å². The van der Waals surface area contributed by atoms with Gasteiger partial charge in [0.15, 0.2) is 10.9 Å². The molecule has 0 unspecified atom stereocenters. The molecule has 4 aromatic rings. The molecule has 0 aliphatic carbocycles. The average Bonchev–Trinajstić information content (AvgIpc) is 3.55. The van der Waals surface area contributed by atoms with E-state index in [4.69, 9.17) is 27.8 Å². The minimum Gasteiger partial charge on any atom is -0.462 e. The molecule has 37 heavy (non-hydrogen) atoms. The number of nitrogens with zero attached hydrogens (tertiary/aromatic N) is 5. The normalized spacial score (nSPS) is 22.5. The number of fused-ring (bicyclic) bond motifs is 2. The minimum absolute atomic E-state index is 0.0296. The molecule has 4 N–H and O–H groups in total. The van der Waals surface area contributed by atoms with E-state index in [1.54, 1.807) is 23.1 Å². The van der Waals surface area contributed by atoms with Crippen molar-refractivity contribution < 1.29 is 13.5 Å². The number of thiazole rings is 1. The predicted octanol–water partition coefficient (Wildman–Crippen LogP) is 4.24. The van der Waals surface area contributed by atoms with Gasteiger partial charge in [0.2, 0.25) is 0 Å². The molecular weight excluding hydrogens is 520 g/mol. The third kappa shape index (κ3) is 4.33. The highest BCUT2D eigenvalue weighted by Gasteiger charge is 2.33. The fraction of sp³-hybridized carbons (Fsp3) is 0.400. The van der Waals surface area contributed by atoms with E-state index in [9.17, 15) is 4.39 Å². The molecule has 12 heteroatoms. The number of alkyl halides is 1. The van der Waals surface area contributed by atoms with Gasteiger partial charge in [-0.05, 0) is 38.6 Å². The fourth-order valence-corrected chi connectivity index (χ4v) is 6.26. The van der Waals surface area contributed by atoms with Gasteiger partial charge >= 0.3 is 6.01 Å². The highest BCUT2D eigenvalue weighted by molar-refractivity contribution is 7.22. The number of anilines is 2. The molecule has 6 rings (SSSR count). The molecule has 2 aliphatic heterocycles. The Labute approximate surface area is 221 Å². The number of aromatic nitrogens is 3. The fourth-order valence-electron chi connectivity index (χ4n) is 5.20. The zero-order valence-electron chi connectivity index (χ0n) is 20.1. The van der Waals surface area contributed by atoms with Gasteiger partial charge in [0, 0.05) is 29.1 Å². The van der Waals surface area contributed by atoms with Gasteiger partial charge in [0.05, 0.1) is 27.8 Å². The van der Waals surface area contributed by atoms with Crippen molar-refractivity contribution in [2.45, 2.75) is 31.1 Å². The maximum absolute atomic E-state index is 16.3. The minimum atomic E-state index is -1.23. The van der Waals surface area contributed by atoms with Crippen molar-refractivity contribution in [3.05, 3.63) is 35.1 Å². The summed E-state index contributed by atoms with van der Waals surface area (Å²) >= 11 is 8.00. The number of ether oxygens (including phenoxy) is 1. The molecule has 2 aromatic carbocycles. The number of likely N-dealkylation sites (N-methyl/N-ethyl adjacent to an activating group) is 1. The number of nitrogens with two attached hydrogens (primary N) is 2. The third-order valence-electron chi connectivity index (χ3n) is 7.21. The number of nitrogen functional groups attached to an aromatic ring is 1. The molecule has 0 bridgehead atoms. The Morgan fingerprint density at radius 1 is 1.22 bits per heavy atom. The zero-order chi connectivity index (χ0) is 25.8. The number of para-hydroxylation sites is 1. The summed E-state index contributed by atoms with van der Waals surface area (Å²) in [4.78, 5) is 17.3. The van der Waals surface area contributed by atoms with Crippen LogP contribution in [0.2, 0.25) is 5.02 Å². The lowest BCUT2D eigenvalue weighted by Crippen LogP contribution is -2.31. The van der Waals surface area contributed by atoms with Crippen molar-refractivity contribution in [2.24, 2.45) is 5.73 Å². The molecule has 3 atom stereocenters. The maximum Gasteiger partial charge on any atom is 0.319 e. The van der Waals surface area contributed by atoms with Crippen LogP contribution in [-0.2, 0) is 0 Å². The molecule has 0 saturated carbocycles. The third-order valence-corrected chi connectivity index (χ3v) is 8.36. The van der Waals surface area contributed by atoms with Crippen molar-refractivity contribution in [1.29, 1.82) is 0 Å². The van der Waals surface area contributed by atoms with Crippen LogP contribution in [0.1, 0.15) is 12.8 Å². The number of benzene rings is 2. The molecule has 2 aromatic heterocycles. The lowest BCUT2D eigenvalue weighted by atomic mass is 10.0. The Hall–Kier alpha value is -2.86. The van der Waals surface area contributed by atoms with E-state index in [0.29, 0.717) is 34.0 Å². The standard InChI is InChI=1S/C25H26ClF2N7OS/c1-34-7-3-4-12(34)11-36-25-32-22-14(23(33-25)35-9-16(27)17(29)10-35)8-15(26)19(20(22)28)13-5-2-6-18-21(13)31-24(30)37-18/h2,5-6,8,12,16-17H,3-4,7,9-11,29H2,1H3,(H2,30,31)/t12-,16-,17+/m0/s1. The van der Waals surface area contributed by atoms with Gasteiger partial charge in [-0.3, -0.25) is 0 Å². The van der Waals surface area contributed by atoms with E-state index in [2.05, 4.69) is 19.9 Å². The molecular formula is C25H26ClF2N7OS. The number of hydrogen-bond acceptors (Lipinski definition) is 9. The van der Waals surface area contributed by atoms with Crippen LogP contribution in [-0.4, -0.2) is 71.4 Å². The highest BCUT2D eigenvalue weighted by Crippen LogP contribution is 2.42. The molecule has 0 spiro atoms. The van der Waals surface area contributed by atoms with Crippen molar-refractivity contribution in [3.63, 3.8) is 0 Å². The van der Waals surface area contributed by atoms with Gasteiger partial charge in [0.1, 0.15) is 24.1 Å². The van der Waals surface area contributed by atoms with E-state index in [-0.39, 0.29) is 41.2 Å². The first-order valence-corrected chi connectivity index (χ1v) is 13.3. The summed E-state index contributed by atoms with van der Waals surface area (Å²) in [6.45, 7) is 1.63. The SMILES string of the molecule is CN1CCC[C@H]1COc1nc(N2C[C@@H](N)[C@@H](F)C2)c2cc(Cl)c(-c3cccc4sc(N)nc34)c(F)c2n1. The predicted molar refractivity (Wildman–Crippen MR) is 144 cm³/mol. The Balaban J connectivity index is 1.51. The zero-order valence-corrected chi connectivity index (χ0v) is 21.7. The smallest absolute Gasteiger partial charge is 0.319 e. The number of halogens is 3. The van der Waals surface area contributed by atoms with Crippen molar-refractivity contribution in [1.82, 2.24) is 19.9 Å². The highest BCUT2D eigenvalue weighted by atomic mass is 35.5. The lowest BCUT2D eigenvalue weighted by molar-refractivity contribution is 0.188. The Kier molecular flexibility index (Phi) is 6.26. The first kappa shape index (κ1) is 24.5. The average molecular weight is 546 g/mol. The number of rotatable bonds is 5. The Morgan fingerprint density at radius 3 is 2.78 bits per heavy atom. The summed E-state index contributed by atoms with van der Waals surface area (Å²) in [6, 6.07) is 6.62. The second kappa shape index (κ2) is 9.46. The van der Waals surface area contributed by atoms with E-state index >= 15 is 4.39 Å². The van der Waals surface area contributed by atoms with Gasteiger partial charge in [-0.15, -0.1) is 0 Å². The van der Waals surface area contributed by atoms with Crippen LogP contribution >= 0.6 is 22.9 Å². The van der Waals surface area contributed by atoms with E-state index in [1.807, 2.05) is 13.1 Å². The largest absolute Gasteiger partial charge is 0.462 e. The van der Waals surface area contributed by atoms with Gasteiger partial charge in [-0.1, -0.05) is 35.1 Å². The summed E-state index contributed by atoms with van der Waals surface area (Å²) in [5, 5.41) is 0.904. The molecule has 194 valence electrons. The molecule has 2 saturated heterocycles.